The monoisotopic (exact) mass is 334 g/mol. The second-order valence-corrected chi connectivity index (χ2v) is 7.25. The Bertz CT molecular complexity index is 590. The molecule has 1 heterocycles. The van der Waals surface area contributed by atoms with Gasteiger partial charge in [-0.3, -0.25) is 4.90 Å². The van der Waals surface area contributed by atoms with Gasteiger partial charge in [-0.15, -0.1) is 0 Å². The van der Waals surface area contributed by atoms with Crippen LogP contribution in [0.4, 0.5) is 9.18 Å². The molecule has 2 amide bonds. The van der Waals surface area contributed by atoms with Gasteiger partial charge in [-0.1, -0.05) is 12.1 Å². The number of carbonyl (C=O) groups is 1. The van der Waals surface area contributed by atoms with Crippen LogP contribution >= 0.6 is 0 Å². The Morgan fingerprint density at radius 3 is 2.79 bits per heavy atom. The second-order valence-electron chi connectivity index (χ2n) is 7.25. The molecule has 0 spiro atoms. The molecule has 1 unspecified atom stereocenters. The highest BCUT2D eigenvalue weighted by Gasteiger charge is 2.44. The van der Waals surface area contributed by atoms with E-state index in [2.05, 4.69) is 34.5 Å². The van der Waals surface area contributed by atoms with Crippen LogP contribution in [0.15, 0.2) is 24.3 Å². The van der Waals surface area contributed by atoms with E-state index in [9.17, 15) is 9.18 Å². The van der Waals surface area contributed by atoms with Crippen molar-refractivity contribution >= 4 is 6.03 Å². The molecule has 3 rings (SSSR count). The van der Waals surface area contributed by atoms with E-state index in [1.165, 1.54) is 6.07 Å². The number of amides is 2. The van der Waals surface area contributed by atoms with Crippen LogP contribution in [0.5, 0.6) is 0 Å². The average Bonchev–Trinajstić information content (AvgIpc) is 3.35. The van der Waals surface area contributed by atoms with Gasteiger partial charge in [-0.2, -0.15) is 0 Å². The first kappa shape index (κ1) is 17.2. The van der Waals surface area contributed by atoms with Crippen molar-refractivity contribution in [2.75, 3.05) is 46.8 Å². The number of halogens is 1. The highest BCUT2D eigenvalue weighted by Crippen LogP contribution is 2.47. The van der Waals surface area contributed by atoms with Gasteiger partial charge in [0.1, 0.15) is 5.82 Å². The van der Waals surface area contributed by atoms with Crippen LogP contribution in [-0.4, -0.2) is 68.7 Å². The quantitative estimate of drug-likeness (QED) is 0.856. The summed E-state index contributed by atoms with van der Waals surface area (Å²) in [6.07, 6.45) is 1.99. The Kier molecular flexibility index (Phi) is 5.06. The molecule has 0 bridgehead atoms. The highest BCUT2D eigenvalue weighted by atomic mass is 19.1. The van der Waals surface area contributed by atoms with E-state index in [4.69, 9.17) is 0 Å². The number of urea groups is 1. The first-order valence-corrected chi connectivity index (χ1v) is 8.65. The SMILES string of the molecule is CN1CCN(C)C(CNC(=O)NCC2(c3cccc(F)c3)CC2)C1. The first-order chi connectivity index (χ1) is 11.5. The molecule has 1 aromatic rings. The fourth-order valence-corrected chi connectivity index (χ4v) is 3.38. The van der Waals surface area contributed by atoms with E-state index in [-0.39, 0.29) is 17.3 Å². The van der Waals surface area contributed by atoms with Gasteiger partial charge < -0.3 is 15.5 Å². The minimum atomic E-state index is -0.215. The lowest BCUT2D eigenvalue weighted by Crippen LogP contribution is -2.55. The van der Waals surface area contributed by atoms with Crippen LogP contribution in [0.1, 0.15) is 18.4 Å². The van der Waals surface area contributed by atoms with Crippen molar-refractivity contribution < 1.29 is 9.18 Å². The summed E-state index contributed by atoms with van der Waals surface area (Å²) in [5.41, 5.74) is 0.901. The van der Waals surface area contributed by atoms with Crippen molar-refractivity contribution in [2.45, 2.75) is 24.3 Å². The zero-order valence-electron chi connectivity index (χ0n) is 14.5. The van der Waals surface area contributed by atoms with E-state index in [1.807, 2.05) is 6.07 Å². The molecule has 1 aliphatic carbocycles. The lowest BCUT2D eigenvalue weighted by molar-refractivity contribution is 0.114. The number of piperazine rings is 1. The largest absolute Gasteiger partial charge is 0.337 e. The molecule has 24 heavy (non-hydrogen) atoms. The number of hydrogen-bond acceptors (Lipinski definition) is 3. The Morgan fingerprint density at radius 1 is 1.29 bits per heavy atom. The Balaban J connectivity index is 1.46. The normalized spacial score (nSPS) is 23.7. The van der Waals surface area contributed by atoms with Crippen LogP contribution in [0.3, 0.4) is 0 Å². The first-order valence-electron chi connectivity index (χ1n) is 8.65. The summed E-state index contributed by atoms with van der Waals surface area (Å²) < 4.78 is 13.4. The van der Waals surface area contributed by atoms with Gasteiger partial charge in [-0.05, 0) is 44.6 Å². The molecule has 1 saturated heterocycles. The van der Waals surface area contributed by atoms with Crippen molar-refractivity contribution in [1.82, 2.24) is 20.4 Å². The Morgan fingerprint density at radius 2 is 2.08 bits per heavy atom. The van der Waals surface area contributed by atoms with E-state index in [0.717, 1.165) is 38.0 Å². The molecule has 1 atom stereocenters. The molecular weight excluding hydrogens is 307 g/mol. The molecule has 6 heteroatoms. The van der Waals surface area contributed by atoms with Gasteiger partial charge in [0.2, 0.25) is 0 Å². The van der Waals surface area contributed by atoms with E-state index < -0.39 is 0 Å². The van der Waals surface area contributed by atoms with Gasteiger partial charge in [0.15, 0.2) is 0 Å². The van der Waals surface area contributed by atoms with Crippen LogP contribution in [-0.2, 0) is 5.41 Å². The molecule has 132 valence electrons. The molecule has 2 aliphatic rings. The lowest BCUT2D eigenvalue weighted by atomic mass is 9.96. The third-order valence-corrected chi connectivity index (χ3v) is 5.36. The number of hydrogen-bond donors (Lipinski definition) is 2. The molecule has 5 nitrogen and oxygen atoms in total. The lowest BCUT2D eigenvalue weighted by Gasteiger charge is -2.37. The second kappa shape index (κ2) is 7.07. The zero-order valence-corrected chi connectivity index (χ0v) is 14.5. The van der Waals surface area contributed by atoms with E-state index >= 15 is 0 Å². The maximum absolute atomic E-state index is 13.4. The zero-order chi connectivity index (χ0) is 17.2. The van der Waals surface area contributed by atoms with E-state index in [0.29, 0.717) is 19.1 Å². The Labute approximate surface area is 143 Å². The third kappa shape index (κ3) is 4.05. The number of nitrogens with one attached hydrogen (secondary N) is 2. The van der Waals surface area contributed by atoms with Gasteiger partial charge >= 0.3 is 6.03 Å². The van der Waals surface area contributed by atoms with Gasteiger partial charge in [0.25, 0.3) is 0 Å². The molecule has 1 aromatic carbocycles. The smallest absolute Gasteiger partial charge is 0.314 e. The number of nitrogens with zero attached hydrogens (tertiary/aromatic N) is 2. The number of rotatable bonds is 5. The average molecular weight is 334 g/mol. The van der Waals surface area contributed by atoms with Crippen molar-refractivity contribution in [2.24, 2.45) is 0 Å². The predicted molar refractivity (Wildman–Crippen MR) is 92.6 cm³/mol. The minimum Gasteiger partial charge on any atom is -0.337 e. The molecule has 1 aliphatic heterocycles. The van der Waals surface area contributed by atoms with Crippen molar-refractivity contribution in [3.8, 4) is 0 Å². The van der Waals surface area contributed by atoms with Crippen molar-refractivity contribution in [3.05, 3.63) is 35.6 Å². The van der Waals surface area contributed by atoms with Crippen LogP contribution < -0.4 is 10.6 Å². The van der Waals surface area contributed by atoms with Gasteiger partial charge in [-0.25, -0.2) is 9.18 Å². The topological polar surface area (TPSA) is 47.6 Å². The van der Waals surface area contributed by atoms with Gasteiger partial charge in [0, 0.05) is 44.2 Å². The predicted octanol–water partition coefficient (Wildman–Crippen LogP) is 1.40. The maximum Gasteiger partial charge on any atom is 0.314 e. The summed E-state index contributed by atoms with van der Waals surface area (Å²) in [6.45, 7) is 4.24. The van der Waals surface area contributed by atoms with E-state index in [1.54, 1.807) is 12.1 Å². The summed E-state index contributed by atoms with van der Waals surface area (Å²) in [4.78, 5) is 16.7. The number of likely N-dealkylation sites (N-methyl/N-ethyl adjacent to an activating group) is 2. The molecule has 0 aromatic heterocycles. The van der Waals surface area contributed by atoms with Crippen molar-refractivity contribution in [1.29, 1.82) is 0 Å². The summed E-state index contributed by atoms with van der Waals surface area (Å²) in [5.74, 6) is -0.215. The highest BCUT2D eigenvalue weighted by molar-refractivity contribution is 5.74. The summed E-state index contributed by atoms with van der Waals surface area (Å²) in [6, 6.07) is 6.92. The molecular formula is C18H27FN4O. The third-order valence-electron chi connectivity index (χ3n) is 5.36. The van der Waals surface area contributed by atoms with Gasteiger partial charge in [0.05, 0.1) is 0 Å². The standard InChI is InChI=1S/C18H27FN4O/c1-22-8-9-23(2)16(12-22)11-20-17(24)21-13-18(6-7-18)14-4-3-5-15(19)10-14/h3-5,10,16H,6-9,11-13H2,1-2H3,(H2,20,21,24). The fraction of sp³-hybridized carbons (Fsp3) is 0.611. The number of carbonyl (C=O) groups excluding carboxylic acids is 1. The summed E-state index contributed by atoms with van der Waals surface area (Å²) in [7, 11) is 4.20. The van der Waals surface area contributed by atoms with Crippen LogP contribution in [0, 0.1) is 5.82 Å². The maximum atomic E-state index is 13.4. The summed E-state index contributed by atoms with van der Waals surface area (Å²) >= 11 is 0. The fourth-order valence-electron chi connectivity index (χ4n) is 3.38. The van der Waals surface area contributed by atoms with Crippen molar-refractivity contribution in [3.63, 3.8) is 0 Å². The van der Waals surface area contributed by atoms with Crippen LogP contribution in [0.25, 0.3) is 0 Å². The molecule has 0 radical (unpaired) electrons. The van der Waals surface area contributed by atoms with Crippen LogP contribution in [0.2, 0.25) is 0 Å². The minimum absolute atomic E-state index is 0.0821. The molecule has 1 saturated carbocycles. The molecule has 2 N–H and O–H groups in total. The Hall–Kier alpha value is -1.66. The molecule has 2 fully saturated rings. The number of benzene rings is 1. The summed E-state index contributed by atoms with van der Waals surface area (Å²) in [5, 5.41) is 5.94.